The van der Waals surface area contributed by atoms with Gasteiger partial charge in [-0.2, -0.15) is 0 Å². The van der Waals surface area contributed by atoms with Crippen molar-refractivity contribution in [1.82, 2.24) is 19.7 Å². The van der Waals surface area contributed by atoms with Gasteiger partial charge in [-0.25, -0.2) is 4.79 Å². The molecule has 7 nitrogen and oxygen atoms in total. The van der Waals surface area contributed by atoms with Crippen molar-refractivity contribution < 1.29 is 14.7 Å². The average molecular weight is 348 g/mol. The van der Waals surface area contributed by atoms with Gasteiger partial charge in [-0.15, -0.1) is 0 Å². The van der Waals surface area contributed by atoms with Crippen molar-refractivity contribution in [1.29, 1.82) is 0 Å². The monoisotopic (exact) mass is 348 g/mol. The van der Waals surface area contributed by atoms with Crippen LogP contribution in [0.25, 0.3) is 0 Å². The van der Waals surface area contributed by atoms with E-state index in [2.05, 4.69) is 11.9 Å². The number of aliphatic hydroxyl groups is 1. The van der Waals surface area contributed by atoms with E-state index in [9.17, 15) is 14.7 Å². The molecule has 1 saturated heterocycles. The van der Waals surface area contributed by atoms with Crippen LogP contribution in [0.1, 0.15) is 31.9 Å². The molecule has 1 N–H and O–H groups in total. The van der Waals surface area contributed by atoms with Gasteiger partial charge in [0.1, 0.15) is 0 Å². The van der Waals surface area contributed by atoms with Gasteiger partial charge in [0.25, 0.3) is 0 Å². The van der Waals surface area contributed by atoms with Crippen molar-refractivity contribution in [2.45, 2.75) is 44.8 Å². The van der Waals surface area contributed by atoms with Gasteiger partial charge >= 0.3 is 6.03 Å². The fourth-order valence-electron chi connectivity index (χ4n) is 3.34. The number of aliphatic hydroxyl groups excluding tert-OH is 1. The zero-order valence-corrected chi connectivity index (χ0v) is 15.0. The summed E-state index contributed by atoms with van der Waals surface area (Å²) in [5.41, 5.74) is 0.837. The number of urea groups is 1. The van der Waals surface area contributed by atoms with Crippen molar-refractivity contribution in [2.75, 3.05) is 26.7 Å². The van der Waals surface area contributed by atoms with E-state index in [-0.39, 0.29) is 24.7 Å². The molecule has 0 saturated carbocycles. The van der Waals surface area contributed by atoms with Crippen LogP contribution in [0.4, 0.5) is 4.79 Å². The molecule has 0 spiro atoms. The van der Waals surface area contributed by atoms with Crippen LogP contribution in [0, 0.1) is 0 Å². The topological polar surface area (TPSA) is 77.0 Å². The van der Waals surface area contributed by atoms with Gasteiger partial charge in [0, 0.05) is 32.9 Å². The average Bonchev–Trinajstić information content (AvgIpc) is 2.63. The zero-order chi connectivity index (χ0) is 18.2. The minimum Gasteiger partial charge on any atom is -0.396 e. The molecule has 1 fully saturated rings. The third kappa shape index (κ3) is 4.92. The van der Waals surface area contributed by atoms with Crippen LogP contribution in [-0.4, -0.2) is 76.1 Å². The predicted molar refractivity (Wildman–Crippen MR) is 94.8 cm³/mol. The number of rotatable bonds is 7. The van der Waals surface area contributed by atoms with Crippen molar-refractivity contribution >= 4 is 12.4 Å². The standard InChI is InChI=1S/C18H28N4O3/c1-3-6-17-12-21(14-24)16(8-10-23)13-22(17)18(25)20(2)11-15-7-4-5-9-19-15/h4-5,7,9,14,16-17,23H,3,6,8,10-13H2,1-2H3. The van der Waals surface area contributed by atoms with Gasteiger partial charge in [-0.05, 0) is 25.0 Å². The molecule has 2 heterocycles. The molecule has 7 heteroatoms. The minimum atomic E-state index is -0.136. The Balaban J connectivity index is 2.11. The van der Waals surface area contributed by atoms with Crippen LogP contribution in [0.3, 0.4) is 0 Å². The molecule has 1 aliphatic rings. The van der Waals surface area contributed by atoms with Crippen LogP contribution in [0.2, 0.25) is 0 Å². The number of nitrogens with zero attached hydrogens (tertiary/aromatic N) is 4. The number of piperazine rings is 1. The Bertz CT molecular complexity index is 555. The first kappa shape index (κ1) is 19.2. The number of hydrogen-bond donors (Lipinski definition) is 1. The Morgan fingerprint density at radius 2 is 2.16 bits per heavy atom. The van der Waals surface area contributed by atoms with Gasteiger partial charge in [0.15, 0.2) is 0 Å². The van der Waals surface area contributed by atoms with E-state index in [1.807, 2.05) is 23.1 Å². The van der Waals surface area contributed by atoms with E-state index in [0.29, 0.717) is 26.1 Å². The molecule has 1 aliphatic heterocycles. The van der Waals surface area contributed by atoms with Crippen LogP contribution in [0.5, 0.6) is 0 Å². The van der Waals surface area contributed by atoms with E-state index >= 15 is 0 Å². The fourth-order valence-corrected chi connectivity index (χ4v) is 3.34. The summed E-state index contributed by atoms with van der Waals surface area (Å²) in [5, 5.41) is 9.27. The maximum atomic E-state index is 13.0. The lowest BCUT2D eigenvalue weighted by molar-refractivity contribution is -0.124. The number of amides is 3. The fraction of sp³-hybridized carbons (Fsp3) is 0.611. The van der Waals surface area contributed by atoms with Gasteiger partial charge in [-0.3, -0.25) is 9.78 Å². The van der Waals surface area contributed by atoms with Crippen molar-refractivity contribution in [2.24, 2.45) is 0 Å². The lowest BCUT2D eigenvalue weighted by Gasteiger charge is -2.46. The first-order chi connectivity index (χ1) is 12.1. The van der Waals surface area contributed by atoms with Gasteiger partial charge < -0.3 is 19.8 Å². The molecule has 1 aromatic heterocycles. The second-order valence-electron chi connectivity index (χ2n) is 6.52. The largest absolute Gasteiger partial charge is 0.396 e. The van der Waals surface area contributed by atoms with Crippen LogP contribution in [-0.2, 0) is 11.3 Å². The summed E-state index contributed by atoms with van der Waals surface area (Å²) < 4.78 is 0. The molecule has 138 valence electrons. The van der Waals surface area contributed by atoms with E-state index in [4.69, 9.17) is 0 Å². The van der Waals surface area contributed by atoms with Gasteiger partial charge in [0.2, 0.25) is 6.41 Å². The molecular formula is C18H28N4O3. The molecular weight excluding hydrogens is 320 g/mol. The molecule has 1 aromatic rings. The number of hydrogen-bond acceptors (Lipinski definition) is 4. The maximum absolute atomic E-state index is 13.0. The Morgan fingerprint density at radius 3 is 2.76 bits per heavy atom. The molecule has 2 rings (SSSR count). The molecule has 0 radical (unpaired) electrons. The van der Waals surface area contributed by atoms with E-state index in [1.165, 1.54) is 0 Å². The highest BCUT2D eigenvalue weighted by Gasteiger charge is 2.36. The summed E-state index contributed by atoms with van der Waals surface area (Å²) in [7, 11) is 1.77. The van der Waals surface area contributed by atoms with Crippen molar-refractivity contribution in [3.05, 3.63) is 30.1 Å². The molecule has 0 aliphatic carbocycles. The first-order valence-electron chi connectivity index (χ1n) is 8.84. The molecule has 3 amide bonds. The number of aromatic nitrogens is 1. The maximum Gasteiger partial charge on any atom is 0.320 e. The van der Waals surface area contributed by atoms with Crippen molar-refractivity contribution in [3.8, 4) is 0 Å². The normalized spacial score (nSPS) is 20.4. The lowest BCUT2D eigenvalue weighted by atomic mass is 10.0. The molecule has 25 heavy (non-hydrogen) atoms. The summed E-state index contributed by atoms with van der Waals surface area (Å²) in [4.78, 5) is 33.9. The molecule has 0 bridgehead atoms. The van der Waals surface area contributed by atoms with Crippen molar-refractivity contribution in [3.63, 3.8) is 0 Å². The minimum absolute atomic E-state index is 0.000738. The highest BCUT2D eigenvalue weighted by molar-refractivity contribution is 5.75. The number of pyridine rings is 1. The highest BCUT2D eigenvalue weighted by atomic mass is 16.3. The molecule has 0 aromatic carbocycles. The third-order valence-electron chi connectivity index (χ3n) is 4.66. The summed E-state index contributed by atoms with van der Waals surface area (Å²) in [6.07, 6.45) is 4.82. The Labute approximate surface area is 149 Å². The van der Waals surface area contributed by atoms with Crippen LogP contribution in [0.15, 0.2) is 24.4 Å². The molecule has 2 atom stereocenters. The van der Waals surface area contributed by atoms with Crippen LogP contribution < -0.4 is 0 Å². The quantitative estimate of drug-likeness (QED) is 0.754. The van der Waals surface area contributed by atoms with Gasteiger partial charge in [-0.1, -0.05) is 19.4 Å². The van der Waals surface area contributed by atoms with Crippen LogP contribution >= 0.6 is 0 Å². The molecule has 2 unspecified atom stereocenters. The Kier molecular flexibility index (Phi) is 7.18. The summed E-state index contributed by atoms with van der Waals surface area (Å²) in [6, 6.07) is 5.46. The SMILES string of the molecule is CCCC1CN(C=O)C(CCO)CN1C(=O)N(C)Cc1ccccn1. The number of carbonyl (C=O) groups excluding carboxylic acids is 2. The zero-order valence-electron chi connectivity index (χ0n) is 15.0. The predicted octanol–water partition coefficient (Wildman–Crippen LogP) is 1.33. The van der Waals surface area contributed by atoms with E-state index in [1.54, 1.807) is 23.0 Å². The summed E-state index contributed by atoms with van der Waals surface area (Å²) in [6.45, 7) is 3.49. The first-order valence-corrected chi connectivity index (χ1v) is 8.84. The Hall–Kier alpha value is -2.15. The summed E-state index contributed by atoms with van der Waals surface area (Å²) >= 11 is 0. The second kappa shape index (κ2) is 9.36. The van der Waals surface area contributed by atoms with E-state index < -0.39 is 0 Å². The lowest BCUT2D eigenvalue weighted by Crippen LogP contribution is -2.61. The smallest absolute Gasteiger partial charge is 0.320 e. The number of carbonyl (C=O) groups is 2. The highest BCUT2D eigenvalue weighted by Crippen LogP contribution is 2.21. The second-order valence-corrected chi connectivity index (χ2v) is 6.52. The third-order valence-corrected chi connectivity index (χ3v) is 4.66. The Morgan fingerprint density at radius 1 is 1.36 bits per heavy atom. The van der Waals surface area contributed by atoms with E-state index in [0.717, 1.165) is 24.9 Å². The summed E-state index contributed by atoms with van der Waals surface area (Å²) in [5.74, 6) is 0. The van der Waals surface area contributed by atoms with Gasteiger partial charge in [0.05, 0.1) is 24.3 Å².